The molecule has 1 amide bonds. The van der Waals surface area contributed by atoms with Crippen LogP contribution < -0.4 is 10.7 Å². The van der Waals surface area contributed by atoms with E-state index in [2.05, 4.69) is 5.32 Å². The normalized spacial score (nSPS) is 10.4. The average Bonchev–Trinajstić information content (AvgIpc) is 2.64. The van der Waals surface area contributed by atoms with Gasteiger partial charge in [-0.2, -0.15) is 0 Å². The van der Waals surface area contributed by atoms with Crippen LogP contribution in [0.1, 0.15) is 16.1 Å². The summed E-state index contributed by atoms with van der Waals surface area (Å²) in [5.41, 5.74) is 2.53. The maximum Gasteiger partial charge on any atom is 0.272 e. The van der Waals surface area contributed by atoms with Crippen LogP contribution in [0, 0.1) is 0 Å². The molecule has 1 heterocycles. The van der Waals surface area contributed by atoms with Crippen molar-refractivity contribution in [3.8, 4) is 16.9 Å². The van der Waals surface area contributed by atoms with E-state index in [1.54, 1.807) is 7.05 Å². The number of aromatic hydroxyl groups is 1. The summed E-state index contributed by atoms with van der Waals surface area (Å²) in [6.45, 7) is 0.302. The zero-order valence-corrected chi connectivity index (χ0v) is 13.8. The molecule has 25 heavy (non-hydrogen) atoms. The maximum atomic E-state index is 12.3. The minimum absolute atomic E-state index is 0.0478. The zero-order chi connectivity index (χ0) is 17.8. The summed E-state index contributed by atoms with van der Waals surface area (Å²) < 4.78 is 1.42. The Kier molecular flexibility index (Phi) is 4.66. The molecule has 0 radical (unpaired) electrons. The molecule has 0 fully saturated rings. The predicted octanol–water partition coefficient (Wildman–Crippen LogP) is 2.69. The van der Waals surface area contributed by atoms with Crippen molar-refractivity contribution < 1.29 is 9.90 Å². The minimum Gasteiger partial charge on any atom is -0.503 e. The number of benzene rings is 2. The average molecular weight is 334 g/mol. The van der Waals surface area contributed by atoms with E-state index in [1.165, 1.54) is 16.8 Å². The third-order valence-corrected chi connectivity index (χ3v) is 3.99. The molecule has 1 aromatic heterocycles. The van der Waals surface area contributed by atoms with Crippen LogP contribution in [0.25, 0.3) is 11.1 Å². The van der Waals surface area contributed by atoms with Crippen molar-refractivity contribution in [2.75, 3.05) is 0 Å². The fourth-order valence-electron chi connectivity index (χ4n) is 2.60. The number of amides is 1. The van der Waals surface area contributed by atoms with E-state index in [-0.39, 0.29) is 5.69 Å². The summed E-state index contributed by atoms with van der Waals surface area (Å²) in [6.07, 6.45) is 1.45. The van der Waals surface area contributed by atoms with Crippen molar-refractivity contribution in [2.45, 2.75) is 6.54 Å². The molecule has 2 N–H and O–H groups in total. The number of nitrogens with zero attached hydrogens (tertiary/aromatic N) is 1. The number of aromatic nitrogens is 1. The van der Waals surface area contributed by atoms with Crippen LogP contribution in [0.3, 0.4) is 0 Å². The molecule has 0 bridgehead atoms. The molecule has 0 aliphatic carbocycles. The largest absolute Gasteiger partial charge is 0.503 e. The Bertz CT molecular complexity index is 945. The summed E-state index contributed by atoms with van der Waals surface area (Å²) in [5, 5.41) is 12.5. The Labute approximate surface area is 145 Å². The summed E-state index contributed by atoms with van der Waals surface area (Å²) >= 11 is 0. The van der Waals surface area contributed by atoms with Crippen LogP contribution in [-0.2, 0) is 13.6 Å². The number of rotatable bonds is 4. The van der Waals surface area contributed by atoms with Gasteiger partial charge < -0.3 is 15.0 Å². The van der Waals surface area contributed by atoms with E-state index in [0.29, 0.717) is 6.54 Å². The number of carbonyl (C=O) groups is 1. The summed E-state index contributed by atoms with van der Waals surface area (Å²) in [5.74, 6) is -1.04. The molecular formula is C20H18N2O3. The van der Waals surface area contributed by atoms with Crippen LogP contribution in [0.2, 0.25) is 0 Å². The second-order valence-electron chi connectivity index (χ2n) is 5.73. The Morgan fingerprint density at radius 2 is 1.64 bits per heavy atom. The van der Waals surface area contributed by atoms with E-state index in [1.807, 2.05) is 54.6 Å². The third-order valence-electron chi connectivity index (χ3n) is 3.99. The highest BCUT2D eigenvalue weighted by molar-refractivity contribution is 5.95. The van der Waals surface area contributed by atoms with Crippen LogP contribution in [0.4, 0.5) is 0 Å². The quantitative estimate of drug-likeness (QED) is 0.770. The van der Waals surface area contributed by atoms with Gasteiger partial charge >= 0.3 is 0 Å². The highest BCUT2D eigenvalue weighted by Gasteiger charge is 2.16. The van der Waals surface area contributed by atoms with E-state index in [0.717, 1.165) is 16.7 Å². The fourth-order valence-corrected chi connectivity index (χ4v) is 2.60. The van der Waals surface area contributed by atoms with Crippen LogP contribution in [0.15, 0.2) is 71.7 Å². The Hall–Kier alpha value is -3.34. The molecule has 0 saturated carbocycles. The Morgan fingerprint density at radius 3 is 2.32 bits per heavy atom. The number of pyridine rings is 1. The lowest BCUT2D eigenvalue weighted by atomic mass is 10.0. The molecule has 2 aromatic carbocycles. The van der Waals surface area contributed by atoms with Gasteiger partial charge in [0, 0.05) is 25.9 Å². The lowest BCUT2D eigenvalue weighted by Gasteiger charge is -2.11. The van der Waals surface area contributed by atoms with Gasteiger partial charge in [0.05, 0.1) is 0 Å². The molecule has 0 aliphatic heterocycles. The Morgan fingerprint density at radius 1 is 1.00 bits per heavy atom. The highest BCUT2D eigenvalue weighted by Crippen LogP contribution is 2.19. The van der Waals surface area contributed by atoms with Gasteiger partial charge in [-0.3, -0.25) is 9.59 Å². The molecule has 0 spiro atoms. The molecular weight excluding hydrogens is 316 g/mol. The van der Waals surface area contributed by atoms with Crippen molar-refractivity contribution >= 4 is 5.91 Å². The molecule has 3 rings (SSSR count). The van der Waals surface area contributed by atoms with E-state index < -0.39 is 17.1 Å². The second-order valence-corrected chi connectivity index (χ2v) is 5.73. The standard InChI is InChI=1S/C20H18N2O3/c1-22-12-11-17(23)19(24)18(22)20(25)21-13-14-7-9-16(10-8-14)15-5-3-2-4-6-15/h2-12,24H,13H2,1H3,(H,21,25). The predicted molar refractivity (Wildman–Crippen MR) is 96.4 cm³/mol. The molecule has 0 aliphatic rings. The zero-order valence-electron chi connectivity index (χ0n) is 13.8. The van der Waals surface area contributed by atoms with Gasteiger partial charge in [-0.25, -0.2) is 0 Å². The monoisotopic (exact) mass is 334 g/mol. The van der Waals surface area contributed by atoms with Crippen molar-refractivity contribution in [2.24, 2.45) is 7.05 Å². The lowest BCUT2D eigenvalue weighted by Crippen LogP contribution is -2.27. The first kappa shape index (κ1) is 16.5. The third kappa shape index (κ3) is 3.61. The number of carbonyl (C=O) groups excluding carboxylic acids is 1. The van der Waals surface area contributed by atoms with Gasteiger partial charge in [0.1, 0.15) is 0 Å². The van der Waals surface area contributed by atoms with Gasteiger partial charge in [-0.1, -0.05) is 54.6 Å². The number of nitrogens with one attached hydrogen (secondary N) is 1. The molecule has 5 nitrogen and oxygen atoms in total. The molecule has 0 unspecified atom stereocenters. The molecule has 0 saturated heterocycles. The van der Waals surface area contributed by atoms with Crippen LogP contribution in [-0.4, -0.2) is 15.6 Å². The fraction of sp³-hybridized carbons (Fsp3) is 0.100. The van der Waals surface area contributed by atoms with Gasteiger partial charge in [-0.15, -0.1) is 0 Å². The van der Waals surface area contributed by atoms with Crippen molar-refractivity contribution in [1.82, 2.24) is 9.88 Å². The number of hydrogen-bond donors (Lipinski definition) is 2. The highest BCUT2D eigenvalue weighted by atomic mass is 16.3. The first-order chi connectivity index (χ1) is 12.1. The lowest BCUT2D eigenvalue weighted by molar-refractivity contribution is 0.0938. The smallest absolute Gasteiger partial charge is 0.272 e. The summed E-state index contributed by atoms with van der Waals surface area (Å²) in [6, 6.07) is 19.1. The maximum absolute atomic E-state index is 12.3. The van der Waals surface area contributed by atoms with Gasteiger partial charge in [0.25, 0.3) is 5.91 Å². The first-order valence-corrected chi connectivity index (χ1v) is 7.87. The second kappa shape index (κ2) is 7.05. The molecule has 3 aromatic rings. The minimum atomic E-state index is -0.574. The van der Waals surface area contributed by atoms with Gasteiger partial charge in [0.2, 0.25) is 5.43 Å². The summed E-state index contributed by atoms with van der Waals surface area (Å²) in [4.78, 5) is 23.8. The first-order valence-electron chi connectivity index (χ1n) is 7.87. The molecule has 5 heteroatoms. The van der Waals surface area contributed by atoms with Crippen LogP contribution in [0.5, 0.6) is 5.75 Å². The number of hydrogen-bond acceptors (Lipinski definition) is 3. The molecule has 0 atom stereocenters. The van der Waals surface area contributed by atoms with Gasteiger partial charge in [-0.05, 0) is 16.7 Å². The van der Waals surface area contributed by atoms with E-state index in [4.69, 9.17) is 0 Å². The van der Waals surface area contributed by atoms with Crippen molar-refractivity contribution in [3.63, 3.8) is 0 Å². The van der Waals surface area contributed by atoms with Crippen molar-refractivity contribution in [1.29, 1.82) is 0 Å². The Balaban J connectivity index is 1.71. The van der Waals surface area contributed by atoms with Gasteiger partial charge in [0.15, 0.2) is 11.4 Å². The topological polar surface area (TPSA) is 71.3 Å². The van der Waals surface area contributed by atoms with Crippen molar-refractivity contribution in [3.05, 3.63) is 88.3 Å². The molecule has 126 valence electrons. The summed E-state index contributed by atoms with van der Waals surface area (Å²) in [7, 11) is 1.60. The van der Waals surface area contributed by atoms with E-state index >= 15 is 0 Å². The van der Waals surface area contributed by atoms with Crippen LogP contribution >= 0.6 is 0 Å². The van der Waals surface area contributed by atoms with E-state index in [9.17, 15) is 14.7 Å². The SMILES string of the molecule is Cn1ccc(=O)c(O)c1C(=O)NCc1ccc(-c2ccccc2)cc1. The number of aryl methyl sites for hydroxylation is 1.